The minimum Gasteiger partial charge on any atom is -0.363 e. The summed E-state index contributed by atoms with van der Waals surface area (Å²) in [6.45, 7) is 1.96. The van der Waals surface area contributed by atoms with Crippen LogP contribution in [0, 0.1) is 6.92 Å². The van der Waals surface area contributed by atoms with E-state index in [1.54, 1.807) is 6.33 Å². The van der Waals surface area contributed by atoms with Crippen molar-refractivity contribution < 1.29 is 0 Å². The van der Waals surface area contributed by atoms with Gasteiger partial charge in [0.2, 0.25) is 0 Å². The second-order valence-electron chi connectivity index (χ2n) is 3.94. The molecule has 0 aliphatic heterocycles. The molecule has 14 heavy (non-hydrogen) atoms. The molecule has 1 aromatic heterocycles. The molecule has 0 saturated heterocycles. The standard InChI is InChI=1S/C10H14ClN3/c1-8-5-9(13-7-12-8)14-10(6-11)3-2-4-10/h5,7H,2-4,6H2,1H3,(H,12,13,14). The highest BCUT2D eigenvalue weighted by Crippen LogP contribution is 2.35. The third kappa shape index (κ3) is 1.82. The summed E-state index contributed by atoms with van der Waals surface area (Å²) >= 11 is 5.94. The molecule has 1 aromatic rings. The minimum atomic E-state index is 0.0857. The zero-order valence-electron chi connectivity index (χ0n) is 8.26. The molecule has 0 bridgehead atoms. The molecule has 0 atom stereocenters. The lowest BCUT2D eigenvalue weighted by atomic mass is 9.78. The Kier molecular flexibility index (Phi) is 2.59. The van der Waals surface area contributed by atoms with Crippen LogP contribution in [0.25, 0.3) is 0 Å². The van der Waals surface area contributed by atoms with E-state index in [0.29, 0.717) is 5.88 Å². The fourth-order valence-electron chi connectivity index (χ4n) is 1.69. The fraction of sp³-hybridized carbons (Fsp3) is 0.600. The third-order valence-corrected chi connectivity index (χ3v) is 3.28. The van der Waals surface area contributed by atoms with Crippen molar-refractivity contribution in [1.29, 1.82) is 0 Å². The van der Waals surface area contributed by atoms with Gasteiger partial charge in [0.1, 0.15) is 12.1 Å². The topological polar surface area (TPSA) is 37.8 Å². The summed E-state index contributed by atoms with van der Waals surface area (Å²) in [4.78, 5) is 8.23. The predicted molar refractivity (Wildman–Crippen MR) is 57.7 cm³/mol. The molecule has 1 heterocycles. The molecule has 0 radical (unpaired) electrons. The van der Waals surface area contributed by atoms with Crippen molar-refractivity contribution in [2.75, 3.05) is 11.2 Å². The van der Waals surface area contributed by atoms with Crippen molar-refractivity contribution in [2.45, 2.75) is 31.7 Å². The maximum Gasteiger partial charge on any atom is 0.130 e. The molecule has 4 heteroatoms. The van der Waals surface area contributed by atoms with E-state index in [1.807, 2.05) is 13.0 Å². The molecular weight excluding hydrogens is 198 g/mol. The van der Waals surface area contributed by atoms with E-state index in [0.717, 1.165) is 24.4 Å². The summed E-state index contributed by atoms with van der Waals surface area (Å²) in [6, 6.07) is 1.95. The van der Waals surface area contributed by atoms with Gasteiger partial charge >= 0.3 is 0 Å². The number of halogens is 1. The highest BCUT2D eigenvalue weighted by molar-refractivity contribution is 6.19. The number of hydrogen-bond donors (Lipinski definition) is 1. The van der Waals surface area contributed by atoms with Gasteiger partial charge in [0.15, 0.2) is 0 Å². The summed E-state index contributed by atoms with van der Waals surface area (Å²) in [7, 11) is 0. The van der Waals surface area contributed by atoms with E-state index in [-0.39, 0.29) is 5.54 Å². The Balaban J connectivity index is 2.09. The van der Waals surface area contributed by atoms with Crippen LogP contribution in [0.1, 0.15) is 25.0 Å². The fourth-order valence-corrected chi connectivity index (χ4v) is 2.02. The summed E-state index contributed by atoms with van der Waals surface area (Å²) in [5.74, 6) is 1.54. The molecule has 0 amide bonds. The molecule has 1 aliphatic carbocycles. The molecule has 76 valence electrons. The average Bonchev–Trinajstić information content (AvgIpc) is 2.11. The van der Waals surface area contributed by atoms with Crippen LogP contribution in [-0.2, 0) is 0 Å². The lowest BCUT2D eigenvalue weighted by molar-refractivity contribution is 0.310. The Bertz CT molecular complexity index is 317. The van der Waals surface area contributed by atoms with Gasteiger partial charge in [-0.15, -0.1) is 11.6 Å². The van der Waals surface area contributed by atoms with E-state index >= 15 is 0 Å². The number of nitrogens with one attached hydrogen (secondary N) is 1. The number of anilines is 1. The van der Waals surface area contributed by atoms with Gasteiger partial charge in [-0.2, -0.15) is 0 Å². The minimum absolute atomic E-state index is 0.0857. The van der Waals surface area contributed by atoms with Crippen LogP contribution in [0.2, 0.25) is 0 Å². The molecule has 1 saturated carbocycles. The molecule has 0 unspecified atom stereocenters. The molecule has 2 rings (SSSR count). The van der Waals surface area contributed by atoms with E-state index in [2.05, 4.69) is 15.3 Å². The number of rotatable bonds is 3. The number of aryl methyl sites for hydroxylation is 1. The van der Waals surface area contributed by atoms with Crippen molar-refractivity contribution in [3.05, 3.63) is 18.1 Å². The second-order valence-corrected chi connectivity index (χ2v) is 4.20. The quantitative estimate of drug-likeness (QED) is 0.781. The van der Waals surface area contributed by atoms with Gasteiger partial charge in [0.25, 0.3) is 0 Å². The number of hydrogen-bond acceptors (Lipinski definition) is 3. The molecule has 1 N–H and O–H groups in total. The first kappa shape index (κ1) is 9.71. The summed E-state index contributed by atoms with van der Waals surface area (Å²) in [5, 5.41) is 3.40. The SMILES string of the molecule is Cc1cc(NC2(CCl)CCC2)ncn1. The van der Waals surface area contributed by atoms with Gasteiger partial charge < -0.3 is 5.32 Å². The normalized spacial score (nSPS) is 18.7. The third-order valence-electron chi connectivity index (χ3n) is 2.76. The van der Waals surface area contributed by atoms with Crippen LogP contribution < -0.4 is 5.32 Å². The van der Waals surface area contributed by atoms with Crippen LogP contribution in [-0.4, -0.2) is 21.4 Å². The van der Waals surface area contributed by atoms with Crippen LogP contribution in [0.5, 0.6) is 0 Å². The molecule has 0 spiro atoms. The van der Waals surface area contributed by atoms with Gasteiger partial charge in [0, 0.05) is 17.6 Å². The van der Waals surface area contributed by atoms with Gasteiger partial charge in [-0.1, -0.05) is 0 Å². The molecular formula is C10H14ClN3. The largest absolute Gasteiger partial charge is 0.363 e. The smallest absolute Gasteiger partial charge is 0.130 e. The van der Waals surface area contributed by atoms with Crippen molar-refractivity contribution in [3.63, 3.8) is 0 Å². The van der Waals surface area contributed by atoms with E-state index in [1.165, 1.54) is 6.42 Å². The van der Waals surface area contributed by atoms with Crippen LogP contribution >= 0.6 is 11.6 Å². The van der Waals surface area contributed by atoms with Crippen molar-refractivity contribution >= 4 is 17.4 Å². The van der Waals surface area contributed by atoms with E-state index in [4.69, 9.17) is 11.6 Å². The van der Waals surface area contributed by atoms with Gasteiger partial charge in [-0.25, -0.2) is 9.97 Å². The lowest BCUT2D eigenvalue weighted by Gasteiger charge is -2.41. The number of nitrogens with zero attached hydrogens (tertiary/aromatic N) is 2. The zero-order valence-corrected chi connectivity index (χ0v) is 9.01. The molecule has 1 aliphatic rings. The first-order valence-corrected chi connectivity index (χ1v) is 5.40. The summed E-state index contributed by atoms with van der Waals surface area (Å²) < 4.78 is 0. The Hall–Kier alpha value is -0.830. The Labute approximate surface area is 88.9 Å². The lowest BCUT2D eigenvalue weighted by Crippen LogP contribution is -2.47. The average molecular weight is 212 g/mol. The highest BCUT2D eigenvalue weighted by atomic mass is 35.5. The summed E-state index contributed by atoms with van der Waals surface area (Å²) in [5.41, 5.74) is 1.06. The maximum absolute atomic E-state index is 5.94. The van der Waals surface area contributed by atoms with Crippen molar-refractivity contribution in [1.82, 2.24) is 9.97 Å². The molecule has 0 aromatic carbocycles. The second kappa shape index (κ2) is 3.73. The van der Waals surface area contributed by atoms with Crippen LogP contribution in [0.3, 0.4) is 0 Å². The van der Waals surface area contributed by atoms with E-state index in [9.17, 15) is 0 Å². The monoisotopic (exact) mass is 211 g/mol. The molecule has 3 nitrogen and oxygen atoms in total. The Morgan fingerprint density at radius 1 is 1.50 bits per heavy atom. The first-order valence-electron chi connectivity index (χ1n) is 4.87. The maximum atomic E-state index is 5.94. The Morgan fingerprint density at radius 2 is 2.29 bits per heavy atom. The van der Waals surface area contributed by atoms with E-state index < -0.39 is 0 Å². The van der Waals surface area contributed by atoms with Crippen molar-refractivity contribution in [3.8, 4) is 0 Å². The van der Waals surface area contributed by atoms with Gasteiger partial charge in [0.05, 0.1) is 5.54 Å². The van der Waals surface area contributed by atoms with Gasteiger partial charge in [-0.05, 0) is 26.2 Å². The first-order chi connectivity index (χ1) is 6.74. The Morgan fingerprint density at radius 3 is 2.79 bits per heavy atom. The van der Waals surface area contributed by atoms with Crippen LogP contribution in [0.4, 0.5) is 5.82 Å². The zero-order chi connectivity index (χ0) is 10.0. The summed E-state index contributed by atoms with van der Waals surface area (Å²) in [6.07, 6.45) is 5.11. The number of aromatic nitrogens is 2. The van der Waals surface area contributed by atoms with Crippen molar-refractivity contribution in [2.24, 2.45) is 0 Å². The predicted octanol–water partition coefficient (Wildman–Crippen LogP) is 2.36. The highest BCUT2D eigenvalue weighted by Gasteiger charge is 2.36. The van der Waals surface area contributed by atoms with Crippen LogP contribution in [0.15, 0.2) is 12.4 Å². The molecule has 1 fully saturated rings. The number of alkyl halides is 1. The van der Waals surface area contributed by atoms with Gasteiger partial charge in [-0.3, -0.25) is 0 Å².